The van der Waals surface area contributed by atoms with Crippen LogP contribution in [0.2, 0.25) is 0 Å². The van der Waals surface area contributed by atoms with Gasteiger partial charge in [-0.15, -0.1) is 0 Å². The average Bonchev–Trinajstić information content (AvgIpc) is 1.82. The van der Waals surface area contributed by atoms with Crippen LogP contribution in [0.4, 0.5) is 0 Å². The van der Waals surface area contributed by atoms with Crippen LogP contribution in [0.5, 0.6) is 0 Å². The van der Waals surface area contributed by atoms with E-state index in [9.17, 15) is 0 Å². The first-order valence-corrected chi connectivity index (χ1v) is 3.98. The van der Waals surface area contributed by atoms with Gasteiger partial charge in [-0.25, -0.2) is 0 Å². The molecule has 0 saturated carbocycles. The predicted octanol–water partition coefficient (Wildman–Crippen LogP) is 1.40. The fourth-order valence-electron chi connectivity index (χ4n) is 1.00. The van der Waals surface area contributed by atoms with Gasteiger partial charge in [-0.3, -0.25) is 0 Å². The van der Waals surface area contributed by atoms with Crippen molar-refractivity contribution in [2.45, 2.75) is 33.3 Å². The maximum atomic E-state index is 5.38. The lowest BCUT2D eigenvalue weighted by molar-refractivity contribution is 0.0574. The van der Waals surface area contributed by atoms with Gasteiger partial charge in [0.2, 0.25) is 0 Å². The topological polar surface area (TPSA) is 35.2 Å². The first-order valence-electron chi connectivity index (χ1n) is 3.98. The average molecular weight is 145 g/mol. The van der Waals surface area contributed by atoms with E-state index in [2.05, 4.69) is 20.8 Å². The Morgan fingerprint density at radius 3 is 2.30 bits per heavy atom. The number of nitrogens with two attached hydrogens (primary N) is 1. The van der Waals surface area contributed by atoms with Crippen LogP contribution in [-0.2, 0) is 4.74 Å². The second-order valence-electron chi connectivity index (χ2n) is 3.10. The molecule has 0 aromatic carbocycles. The summed E-state index contributed by atoms with van der Waals surface area (Å²) in [5.41, 5.74) is 5.28. The zero-order valence-corrected chi connectivity index (χ0v) is 7.26. The third-order valence-corrected chi connectivity index (χ3v) is 1.32. The molecule has 10 heavy (non-hydrogen) atoms. The molecule has 0 bridgehead atoms. The van der Waals surface area contributed by atoms with Crippen molar-refractivity contribution in [2.75, 3.05) is 13.2 Å². The Bertz CT molecular complexity index is 73.7. The first-order chi connectivity index (χ1) is 4.66. The number of hydrogen-bond donors (Lipinski definition) is 1. The molecule has 0 aliphatic carbocycles. The van der Waals surface area contributed by atoms with Crippen molar-refractivity contribution in [3.63, 3.8) is 0 Å². The summed E-state index contributed by atoms with van der Waals surface area (Å²) in [6, 6.07) is 0. The van der Waals surface area contributed by atoms with Gasteiger partial charge in [-0.05, 0) is 19.3 Å². The molecule has 0 heterocycles. The van der Waals surface area contributed by atoms with E-state index in [1.807, 2.05) is 0 Å². The van der Waals surface area contributed by atoms with E-state index in [0.717, 1.165) is 6.42 Å². The van der Waals surface area contributed by atoms with Crippen molar-refractivity contribution in [3.05, 3.63) is 0 Å². The van der Waals surface area contributed by atoms with E-state index in [4.69, 9.17) is 10.5 Å². The van der Waals surface area contributed by atoms with Gasteiger partial charge < -0.3 is 10.5 Å². The van der Waals surface area contributed by atoms with Crippen molar-refractivity contribution >= 4 is 0 Å². The van der Waals surface area contributed by atoms with E-state index < -0.39 is 0 Å². The standard InChI is InChI=1S/C8H19NO/c1-7(2)6-8(3)10-5-4-9/h7-8H,4-6,9H2,1-3H3. The van der Waals surface area contributed by atoms with Gasteiger partial charge in [0.1, 0.15) is 0 Å². The minimum absolute atomic E-state index is 0.364. The Labute approximate surface area is 63.7 Å². The molecular weight excluding hydrogens is 126 g/mol. The minimum atomic E-state index is 0.364. The highest BCUT2D eigenvalue weighted by Gasteiger charge is 2.03. The largest absolute Gasteiger partial charge is 0.377 e. The molecule has 1 atom stereocenters. The first kappa shape index (κ1) is 9.92. The zero-order chi connectivity index (χ0) is 7.98. The minimum Gasteiger partial charge on any atom is -0.377 e. The summed E-state index contributed by atoms with van der Waals surface area (Å²) in [5.74, 6) is 0.716. The van der Waals surface area contributed by atoms with Gasteiger partial charge in [0.05, 0.1) is 12.7 Å². The maximum Gasteiger partial charge on any atom is 0.0592 e. The molecule has 0 aromatic rings. The summed E-state index contributed by atoms with van der Waals surface area (Å²) < 4.78 is 5.38. The molecule has 0 radical (unpaired) electrons. The summed E-state index contributed by atoms with van der Waals surface area (Å²) in [6.45, 7) is 7.80. The van der Waals surface area contributed by atoms with Gasteiger partial charge in [0.15, 0.2) is 0 Å². The number of ether oxygens (including phenoxy) is 1. The Kier molecular flexibility index (Phi) is 5.64. The van der Waals surface area contributed by atoms with E-state index in [1.54, 1.807) is 0 Å². The molecule has 0 aromatic heterocycles. The summed E-state index contributed by atoms with van der Waals surface area (Å²) >= 11 is 0. The normalized spacial score (nSPS) is 14.1. The molecule has 1 unspecified atom stereocenters. The molecule has 0 fully saturated rings. The molecule has 2 heteroatoms. The smallest absolute Gasteiger partial charge is 0.0592 e. The van der Waals surface area contributed by atoms with Crippen molar-refractivity contribution in [3.8, 4) is 0 Å². The van der Waals surface area contributed by atoms with Crippen molar-refractivity contribution in [1.82, 2.24) is 0 Å². The number of rotatable bonds is 5. The Morgan fingerprint density at radius 1 is 1.30 bits per heavy atom. The predicted molar refractivity (Wildman–Crippen MR) is 43.9 cm³/mol. The monoisotopic (exact) mass is 145 g/mol. The second kappa shape index (κ2) is 5.69. The lowest BCUT2D eigenvalue weighted by atomic mass is 10.1. The summed E-state index contributed by atoms with van der Waals surface area (Å²) in [5, 5.41) is 0. The van der Waals surface area contributed by atoms with Crippen molar-refractivity contribution < 1.29 is 4.74 Å². The summed E-state index contributed by atoms with van der Waals surface area (Å²) in [4.78, 5) is 0. The van der Waals surface area contributed by atoms with Crippen LogP contribution < -0.4 is 5.73 Å². The van der Waals surface area contributed by atoms with Crippen LogP contribution in [0.25, 0.3) is 0 Å². The van der Waals surface area contributed by atoms with Crippen molar-refractivity contribution in [1.29, 1.82) is 0 Å². The van der Waals surface area contributed by atoms with E-state index in [-0.39, 0.29) is 0 Å². The Balaban J connectivity index is 3.16. The molecule has 62 valence electrons. The molecule has 0 aliphatic heterocycles. The van der Waals surface area contributed by atoms with E-state index >= 15 is 0 Å². The van der Waals surface area contributed by atoms with Crippen LogP contribution in [0.3, 0.4) is 0 Å². The van der Waals surface area contributed by atoms with E-state index in [1.165, 1.54) is 0 Å². The summed E-state index contributed by atoms with van der Waals surface area (Å²) in [7, 11) is 0. The fraction of sp³-hybridized carbons (Fsp3) is 1.00. The van der Waals surface area contributed by atoms with Crippen LogP contribution in [0.15, 0.2) is 0 Å². The van der Waals surface area contributed by atoms with Gasteiger partial charge >= 0.3 is 0 Å². The maximum absolute atomic E-state index is 5.38. The Morgan fingerprint density at radius 2 is 1.90 bits per heavy atom. The SMILES string of the molecule is CC(C)CC(C)OCCN. The molecular formula is C8H19NO. The molecule has 0 saturated heterocycles. The highest BCUT2D eigenvalue weighted by molar-refractivity contribution is 4.53. The second-order valence-corrected chi connectivity index (χ2v) is 3.10. The molecule has 0 rings (SSSR count). The van der Waals surface area contributed by atoms with Gasteiger partial charge in [0, 0.05) is 6.54 Å². The lowest BCUT2D eigenvalue weighted by Gasteiger charge is -2.13. The number of hydrogen-bond acceptors (Lipinski definition) is 2. The molecule has 0 spiro atoms. The molecule has 0 amide bonds. The molecule has 2 nitrogen and oxygen atoms in total. The van der Waals surface area contributed by atoms with Crippen LogP contribution in [-0.4, -0.2) is 19.3 Å². The lowest BCUT2D eigenvalue weighted by Crippen LogP contribution is -2.16. The zero-order valence-electron chi connectivity index (χ0n) is 7.26. The third-order valence-electron chi connectivity index (χ3n) is 1.32. The molecule has 2 N–H and O–H groups in total. The van der Waals surface area contributed by atoms with Crippen LogP contribution >= 0.6 is 0 Å². The van der Waals surface area contributed by atoms with Crippen LogP contribution in [0, 0.1) is 5.92 Å². The highest BCUT2D eigenvalue weighted by atomic mass is 16.5. The van der Waals surface area contributed by atoms with Crippen LogP contribution in [0.1, 0.15) is 27.2 Å². The highest BCUT2D eigenvalue weighted by Crippen LogP contribution is 2.06. The van der Waals surface area contributed by atoms with Gasteiger partial charge in [0.25, 0.3) is 0 Å². The summed E-state index contributed by atoms with van der Waals surface area (Å²) in [6.07, 6.45) is 1.49. The Hall–Kier alpha value is -0.0800. The molecule has 0 aliphatic rings. The fourth-order valence-corrected chi connectivity index (χ4v) is 1.00. The quantitative estimate of drug-likeness (QED) is 0.634. The van der Waals surface area contributed by atoms with E-state index in [0.29, 0.717) is 25.2 Å². The van der Waals surface area contributed by atoms with Crippen molar-refractivity contribution in [2.24, 2.45) is 11.7 Å². The third kappa shape index (κ3) is 6.05. The van der Waals surface area contributed by atoms with Gasteiger partial charge in [-0.2, -0.15) is 0 Å². The van der Waals surface area contributed by atoms with Gasteiger partial charge in [-0.1, -0.05) is 13.8 Å².